The maximum Gasteiger partial charge on any atom is 0.338 e. The van der Waals surface area contributed by atoms with Gasteiger partial charge in [-0.15, -0.1) is 0 Å². The Labute approximate surface area is 245 Å². The molecule has 0 radical (unpaired) electrons. The van der Waals surface area contributed by atoms with Crippen molar-refractivity contribution < 1.29 is 33.3 Å². The molecule has 1 fully saturated rings. The van der Waals surface area contributed by atoms with Crippen LogP contribution in [-0.2, 0) is 18.9 Å². The van der Waals surface area contributed by atoms with Crippen LogP contribution < -0.4 is 11.3 Å². The van der Waals surface area contributed by atoms with E-state index in [0.717, 1.165) is 4.57 Å². The number of nitrogens with two attached hydrogens (primary N) is 1. The number of esters is 3. The van der Waals surface area contributed by atoms with E-state index in [1.54, 1.807) is 91.0 Å². The Bertz CT molecular complexity index is 1630. The van der Waals surface area contributed by atoms with Crippen molar-refractivity contribution in [2.24, 2.45) is 0 Å². The highest BCUT2D eigenvalue weighted by Crippen LogP contribution is 2.35. The van der Waals surface area contributed by atoms with Gasteiger partial charge in [-0.05, 0) is 42.5 Å². The Balaban J connectivity index is 1.51. The van der Waals surface area contributed by atoms with E-state index in [1.165, 1.54) is 12.3 Å². The first kappa shape index (κ1) is 28.6. The van der Waals surface area contributed by atoms with E-state index < -0.39 is 54.6 Å². The number of pyridine rings is 1. The van der Waals surface area contributed by atoms with Crippen LogP contribution in [0.25, 0.3) is 0 Å². The number of hydrogen-bond donors (Lipinski definition) is 1. The second kappa shape index (κ2) is 12.7. The van der Waals surface area contributed by atoms with E-state index in [1.807, 2.05) is 0 Å². The molecule has 0 unspecified atom stereocenters. The predicted octanol–water partition coefficient (Wildman–Crippen LogP) is 4.29. The average molecular weight is 589 g/mol. The lowest BCUT2D eigenvalue weighted by atomic mass is 10.1. The molecule has 4 atom stereocenters. The fourth-order valence-electron chi connectivity index (χ4n) is 4.42. The topological polar surface area (TPSA) is 136 Å². The highest BCUT2D eigenvalue weighted by molar-refractivity contribution is 6.32. The third-order valence-corrected chi connectivity index (χ3v) is 6.92. The summed E-state index contributed by atoms with van der Waals surface area (Å²) in [6.45, 7) is -0.395. The second-order valence-electron chi connectivity index (χ2n) is 9.30. The number of carbonyl (C=O) groups excluding carboxylic acids is 3. The lowest BCUT2D eigenvalue weighted by Gasteiger charge is -2.25. The quantitative estimate of drug-likeness (QED) is 0.236. The summed E-state index contributed by atoms with van der Waals surface area (Å²) in [5, 5.41) is -0.272. The molecule has 0 spiro atoms. The number of benzene rings is 3. The molecule has 0 amide bonds. The SMILES string of the molecule is Nc1ccn([C@@H]2O[C@H](COC(=O)c3ccccc3)[C@@H](OC(=O)c3ccccc3)[C@H]2OC(=O)c2ccccc2)c(=O)c1Cl. The predicted molar refractivity (Wildman–Crippen MR) is 152 cm³/mol. The van der Waals surface area contributed by atoms with E-state index in [0.29, 0.717) is 5.56 Å². The van der Waals surface area contributed by atoms with Crippen molar-refractivity contribution >= 4 is 35.2 Å². The van der Waals surface area contributed by atoms with Gasteiger partial charge in [0.25, 0.3) is 5.56 Å². The van der Waals surface area contributed by atoms with Crippen molar-refractivity contribution in [3.05, 3.63) is 135 Å². The number of nitrogen functional groups attached to an aromatic ring is 1. The standard InChI is InChI=1S/C31H25ClN2O8/c32-24-22(33)16-17-34(27(24)35)28-26(42-31(38)21-14-8-3-9-15-21)25(41-30(37)20-12-6-2-7-13-20)23(40-28)18-39-29(36)19-10-4-1-5-11-19/h1-17,23,25-26,28H,18,33H2/t23-,25-,26-,28-/m1/s1. The molecule has 2 N–H and O–H groups in total. The molecule has 0 bridgehead atoms. The van der Waals surface area contributed by atoms with Gasteiger partial charge in [-0.2, -0.15) is 0 Å². The molecule has 11 heteroatoms. The maximum absolute atomic E-state index is 13.2. The van der Waals surface area contributed by atoms with Crippen molar-refractivity contribution in [3.8, 4) is 0 Å². The summed E-state index contributed by atoms with van der Waals surface area (Å²) in [4.78, 5) is 52.2. The van der Waals surface area contributed by atoms with Gasteiger partial charge in [0.2, 0.25) is 0 Å². The minimum absolute atomic E-state index is 0.0362. The molecule has 214 valence electrons. The molecule has 1 aliphatic rings. The highest BCUT2D eigenvalue weighted by Gasteiger charge is 2.51. The number of aromatic nitrogens is 1. The lowest BCUT2D eigenvalue weighted by molar-refractivity contribution is -0.0634. The molecule has 0 aliphatic carbocycles. The molecule has 3 aromatic carbocycles. The Morgan fingerprint density at radius 2 is 1.21 bits per heavy atom. The van der Waals surface area contributed by atoms with Crippen molar-refractivity contribution in [1.29, 1.82) is 0 Å². The van der Waals surface area contributed by atoms with Gasteiger partial charge in [-0.3, -0.25) is 9.36 Å². The van der Waals surface area contributed by atoms with E-state index in [-0.39, 0.29) is 21.8 Å². The first-order chi connectivity index (χ1) is 20.3. The van der Waals surface area contributed by atoms with Crippen LogP contribution in [0.4, 0.5) is 5.69 Å². The molecular formula is C31H25ClN2O8. The maximum atomic E-state index is 13.2. The number of hydrogen-bond acceptors (Lipinski definition) is 9. The number of nitrogens with zero attached hydrogens (tertiary/aromatic N) is 1. The van der Waals surface area contributed by atoms with Crippen LogP contribution in [0.2, 0.25) is 5.02 Å². The molecule has 1 aliphatic heterocycles. The summed E-state index contributed by atoms with van der Waals surface area (Å²) in [5.41, 5.74) is 5.84. The van der Waals surface area contributed by atoms with Gasteiger partial charge < -0.3 is 24.7 Å². The first-order valence-electron chi connectivity index (χ1n) is 12.9. The number of ether oxygens (including phenoxy) is 4. The lowest BCUT2D eigenvalue weighted by Crippen LogP contribution is -2.42. The van der Waals surface area contributed by atoms with Crippen LogP contribution in [-0.4, -0.2) is 47.4 Å². The second-order valence-corrected chi connectivity index (χ2v) is 9.68. The summed E-state index contributed by atoms with van der Waals surface area (Å²) >= 11 is 6.14. The van der Waals surface area contributed by atoms with Crippen LogP contribution in [0.5, 0.6) is 0 Å². The van der Waals surface area contributed by atoms with E-state index in [4.69, 9.17) is 36.3 Å². The molecular weight excluding hydrogens is 564 g/mol. The monoisotopic (exact) mass is 588 g/mol. The zero-order valence-electron chi connectivity index (χ0n) is 22.0. The molecule has 10 nitrogen and oxygen atoms in total. The van der Waals surface area contributed by atoms with Crippen molar-refractivity contribution in [2.75, 3.05) is 12.3 Å². The van der Waals surface area contributed by atoms with Gasteiger partial charge in [-0.25, -0.2) is 14.4 Å². The number of halogens is 1. The Morgan fingerprint density at radius 1 is 0.738 bits per heavy atom. The Hall–Kier alpha value is -4.93. The zero-order chi connectivity index (χ0) is 29.6. The van der Waals surface area contributed by atoms with Crippen molar-refractivity contribution in [3.63, 3.8) is 0 Å². The molecule has 1 aromatic heterocycles. The molecule has 1 saturated heterocycles. The van der Waals surface area contributed by atoms with Crippen LogP contribution in [0.15, 0.2) is 108 Å². The Kier molecular flexibility index (Phi) is 8.66. The van der Waals surface area contributed by atoms with E-state index in [9.17, 15) is 19.2 Å². The summed E-state index contributed by atoms with van der Waals surface area (Å²) in [7, 11) is 0. The largest absolute Gasteiger partial charge is 0.459 e. The highest BCUT2D eigenvalue weighted by atomic mass is 35.5. The van der Waals surface area contributed by atoms with Crippen LogP contribution >= 0.6 is 11.6 Å². The molecule has 5 rings (SSSR count). The van der Waals surface area contributed by atoms with Crippen LogP contribution in [0.1, 0.15) is 37.3 Å². The fraction of sp³-hybridized carbons (Fsp3) is 0.161. The average Bonchev–Trinajstić information content (AvgIpc) is 3.35. The summed E-state index contributed by atoms with van der Waals surface area (Å²) in [6, 6.07) is 25.9. The summed E-state index contributed by atoms with van der Waals surface area (Å²) < 4.78 is 24.4. The van der Waals surface area contributed by atoms with E-state index >= 15 is 0 Å². The van der Waals surface area contributed by atoms with Gasteiger partial charge in [0.05, 0.1) is 22.4 Å². The molecule has 2 heterocycles. The van der Waals surface area contributed by atoms with E-state index in [2.05, 4.69) is 0 Å². The van der Waals surface area contributed by atoms with Crippen molar-refractivity contribution in [2.45, 2.75) is 24.5 Å². The molecule has 4 aromatic rings. The van der Waals surface area contributed by atoms with Crippen molar-refractivity contribution in [1.82, 2.24) is 4.57 Å². The van der Waals surface area contributed by atoms with Crippen LogP contribution in [0.3, 0.4) is 0 Å². The smallest absolute Gasteiger partial charge is 0.338 e. The summed E-state index contributed by atoms with van der Waals surface area (Å²) in [5.74, 6) is -2.15. The minimum Gasteiger partial charge on any atom is -0.459 e. The third kappa shape index (κ3) is 6.19. The van der Waals surface area contributed by atoms with Crippen LogP contribution in [0, 0.1) is 0 Å². The molecule has 42 heavy (non-hydrogen) atoms. The molecule has 0 saturated carbocycles. The van der Waals surface area contributed by atoms with Gasteiger partial charge in [-0.1, -0.05) is 66.2 Å². The fourth-order valence-corrected chi connectivity index (χ4v) is 4.58. The normalized spacial score (nSPS) is 19.5. The number of carbonyl (C=O) groups is 3. The Morgan fingerprint density at radius 3 is 1.74 bits per heavy atom. The number of anilines is 1. The minimum atomic E-state index is -1.36. The van der Waals surface area contributed by atoms with Gasteiger partial charge in [0, 0.05) is 6.20 Å². The van der Waals surface area contributed by atoms with Gasteiger partial charge >= 0.3 is 17.9 Å². The van der Waals surface area contributed by atoms with Gasteiger partial charge in [0.15, 0.2) is 18.4 Å². The first-order valence-corrected chi connectivity index (χ1v) is 13.3. The zero-order valence-corrected chi connectivity index (χ0v) is 22.8. The number of rotatable bonds is 8. The summed E-state index contributed by atoms with van der Waals surface area (Å²) in [6.07, 6.45) is -3.80. The third-order valence-electron chi connectivity index (χ3n) is 6.54. The van der Waals surface area contributed by atoms with Gasteiger partial charge in [0.1, 0.15) is 17.7 Å².